The highest BCUT2D eigenvalue weighted by atomic mass is 32.2. The van der Waals surface area contributed by atoms with Crippen LogP contribution in [0, 0.1) is 6.92 Å². The van der Waals surface area contributed by atoms with Crippen LogP contribution in [0.15, 0.2) is 53.4 Å². The summed E-state index contributed by atoms with van der Waals surface area (Å²) in [5.41, 5.74) is -2.01. The summed E-state index contributed by atoms with van der Waals surface area (Å²) < 4.78 is 110. The van der Waals surface area contributed by atoms with Gasteiger partial charge in [-0.05, 0) is 55.0 Å². The number of ether oxygens (including phenoxy) is 2. The molecule has 1 heterocycles. The number of nitrogens with zero attached hydrogens (tertiary/aromatic N) is 2. The van der Waals surface area contributed by atoms with Gasteiger partial charge in [0.25, 0.3) is 11.8 Å². The fourth-order valence-corrected chi connectivity index (χ4v) is 3.52. The number of nitrogens with one attached hydrogen (secondary N) is 1. The number of aromatic nitrogens is 2. The molecule has 8 nitrogen and oxygen atoms in total. The van der Waals surface area contributed by atoms with Gasteiger partial charge in [0.2, 0.25) is 0 Å². The first-order valence-electron chi connectivity index (χ1n) is 10.1. The third-order valence-electron chi connectivity index (χ3n) is 4.57. The van der Waals surface area contributed by atoms with Gasteiger partial charge >= 0.3 is 12.4 Å². The summed E-state index contributed by atoms with van der Waals surface area (Å²) >= 11 is 0. The van der Waals surface area contributed by atoms with Crippen molar-refractivity contribution in [3.8, 4) is 17.4 Å². The molecule has 0 aliphatic rings. The molecule has 0 fully saturated rings. The molecule has 15 heteroatoms. The summed E-state index contributed by atoms with van der Waals surface area (Å²) in [6.07, 6.45) is -8.59. The van der Waals surface area contributed by atoms with Gasteiger partial charge in [-0.25, -0.2) is 8.42 Å². The van der Waals surface area contributed by atoms with Crippen LogP contribution in [0.2, 0.25) is 0 Å². The Morgan fingerprint density at radius 2 is 1.70 bits per heavy atom. The van der Waals surface area contributed by atoms with Crippen molar-refractivity contribution in [2.24, 2.45) is 0 Å². The van der Waals surface area contributed by atoms with Crippen LogP contribution >= 0.6 is 0 Å². The molecule has 3 rings (SSSR count). The van der Waals surface area contributed by atoms with Crippen LogP contribution in [0.3, 0.4) is 0 Å². The molecule has 0 spiro atoms. The number of hydrogen-bond donors (Lipinski definition) is 1. The Morgan fingerprint density at radius 3 is 2.30 bits per heavy atom. The fourth-order valence-electron chi connectivity index (χ4n) is 2.86. The number of amides is 1. The third kappa shape index (κ3) is 7.55. The molecule has 0 bridgehead atoms. The second kappa shape index (κ2) is 10.2. The third-order valence-corrected chi connectivity index (χ3v) is 5.68. The average Bonchev–Trinajstić information content (AvgIpc) is 2.78. The number of benzene rings is 2. The predicted octanol–water partition coefficient (Wildman–Crippen LogP) is 5.19. The molecule has 1 N–H and O–H groups in total. The van der Waals surface area contributed by atoms with Crippen molar-refractivity contribution in [2.75, 3.05) is 18.2 Å². The standard InChI is InChI=1S/C22H17F6N3O5S/c1-12-8-14(35-11-21(23,24)25)6-7-17(12)36-20-16(10-18(30-31-20)22(26,27)28)19(32)29-13-4-3-5-15(9-13)37(2,33)34/h3-10H,11H2,1-2H3,(H,29,32). The molecule has 0 unspecified atom stereocenters. The van der Waals surface area contributed by atoms with Crippen molar-refractivity contribution < 1.29 is 49.0 Å². The molecule has 1 amide bonds. The predicted molar refractivity (Wildman–Crippen MR) is 117 cm³/mol. The van der Waals surface area contributed by atoms with E-state index < -0.39 is 51.8 Å². The molecule has 2 aromatic carbocycles. The Kier molecular flexibility index (Phi) is 7.67. The molecule has 3 aromatic rings. The molecule has 0 aliphatic carbocycles. The number of carbonyl (C=O) groups is 1. The number of alkyl halides is 6. The van der Waals surface area contributed by atoms with Gasteiger partial charge in [-0.2, -0.15) is 26.3 Å². The van der Waals surface area contributed by atoms with E-state index in [-0.39, 0.29) is 27.6 Å². The Bertz CT molecular complexity index is 1430. The number of anilines is 1. The van der Waals surface area contributed by atoms with Gasteiger partial charge in [-0.1, -0.05) is 6.07 Å². The SMILES string of the molecule is Cc1cc(OCC(F)(F)F)ccc1Oc1nnc(C(F)(F)F)cc1C(=O)Nc1cccc(S(C)(=O)=O)c1. The van der Waals surface area contributed by atoms with Crippen LogP contribution in [0.1, 0.15) is 21.6 Å². The smallest absolute Gasteiger partial charge is 0.435 e. The number of carbonyl (C=O) groups excluding carboxylic acids is 1. The zero-order valence-electron chi connectivity index (χ0n) is 18.9. The van der Waals surface area contributed by atoms with Gasteiger partial charge in [0.15, 0.2) is 22.1 Å². The molecule has 198 valence electrons. The highest BCUT2D eigenvalue weighted by molar-refractivity contribution is 7.90. The van der Waals surface area contributed by atoms with Crippen molar-refractivity contribution in [1.82, 2.24) is 10.2 Å². The molecule has 0 aliphatic heterocycles. The van der Waals surface area contributed by atoms with Crippen LogP contribution < -0.4 is 14.8 Å². The lowest BCUT2D eigenvalue weighted by Gasteiger charge is -2.15. The van der Waals surface area contributed by atoms with E-state index in [1.807, 2.05) is 0 Å². The lowest BCUT2D eigenvalue weighted by atomic mass is 10.2. The summed E-state index contributed by atoms with van der Waals surface area (Å²) in [5.74, 6) is -1.97. The first-order valence-corrected chi connectivity index (χ1v) is 12.0. The second-order valence-corrected chi connectivity index (χ2v) is 9.65. The van der Waals surface area contributed by atoms with Crippen LogP contribution in [0.4, 0.5) is 32.0 Å². The van der Waals surface area contributed by atoms with Crippen molar-refractivity contribution in [3.63, 3.8) is 0 Å². The number of hydrogen-bond acceptors (Lipinski definition) is 7. The molecule has 0 radical (unpaired) electrons. The number of aryl methyl sites for hydroxylation is 1. The zero-order valence-corrected chi connectivity index (χ0v) is 19.8. The topological polar surface area (TPSA) is 107 Å². The first-order chi connectivity index (χ1) is 17.0. The Morgan fingerprint density at radius 1 is 1.00 bits per heavy atom. The van der Waals surface area contributed by atoms with Crippen molar-refractivity contribution in [1.29, 1.82) is 0 Å². The van der Waals surface area contributed by atoms with E-state index >= 15 is 0 Å². The zero-order chi connectivity index (χ0) is 27.6. The molecule has 0 saturated heterocycles. The number of rotatable bonds is 7. The number of sulfone groups is 1. The van der Waals surface area contributed by atoms with Gasteiger partial charge in [-0.3, -0.25) is 4.79 Å². The minimum absolute atomic E-state index is 0.0356. The van der Waals surface area contributed by atoms with Gasteiger partial charge in [0.1, 0.15) is 17.1 Å². The summed E-state index contributed by atoms with van der Waals surface area (Å²) in [6.45, 7) is -0.119. The highest BCUT2D eigenvalue weighted by Gasteiger charge is 2.35. The van der Waals surface area contributed by atoms with E-state index in [4.69, 9.17) is 4.74 Å². The lowest BCUT2D eigenvalue weighted by Crippen LogP contribution is -2.19. The minimum Gasteiger partial charge on any atom is -0.484 e. The molecule has 1 aromatic heterocycles. The van der Waals surface area contributed by atoms with Crippen LogP contribution in [0.5, 0.6) is 17.4 Å². The van der Waals surface area contributed by atoms with Crippen molar-refractivity contribution >= 4 is 21.4 Å². The largest absolute Gasteiger partial charge is 0.484 e. The van der Waals surface area contributed by atoms with E-state index in [1.54, 1.807) is 0 Å². The Balaban J connectivity index is 1.93. The summed E-state index contributed by atoms with van der Waals surface area (Å²) in [7, 11) is -3.64. The summed E-state index contributed by atoms with van der Waals surface area (Å²) in [4.78, 5) is 12.7. The molecular formula is C22H17F6N3O5S. The average molecular weight is 549 g/mol. The quantitative estimate of drug-likeness (QED) is 0.404. The van der Waals surface area contributed by atoms with Gasteiger partial charge < -0.3 is 14.8 Å². The minimum atomic E-state index is -4.95. The lowest BCUT2D eigenvalue weighted by molar-refractivity contribution is -0.153. The normalized spacial score (nSPS) is 12.2. The van der Waals surface area contributed by atoms with Crippen molar-refractivity contribution in [2.45, 2.75) is 24.2 Å². The van der Waals surface area contributed by atoms with Gasteiger partial charge in [0.05, 0.1) is 4.90 Å². The number of halogens is 6. The molecule has 0 saturated carbocycles. The summed E-state index contributed by atoms with van der Waals surface area (Å²) in [6, 6.07) is 8.90. The molecule has 0 atom stereocenters. The van der Waals surface area contributed by atoms with Crippen LogP contribution in [-0.2, 0) is 16.0 Å². The van der Waals surface area contributed by atoms with Crippen LogP contribution in [-0.4, -0.2) is 43.6 Å². The highest BCUT2D eigenvalue weighted by Crippen LogP contribution is 2.33. The van der Waals surface area contributed by atoms with E-state index in [0.29, 0.717) is 6.07 Å². The first kappa shape index (κ1) is 27.7. The monoisotopic (exact) mass is 549 g/mol. The van der Waals surface area contributed by atoms with E-state index in [1.165, 1.54) is 37.3 Å². The summed E-state index contributed by atoms with van der Waals surface area (Å²) in [5, 5.41) is 8.69. The Hall–Kier alpha value is -3.88. The van der Waals surface area contributed by atoms with Crippen LogP contribution in [0.25, 0.3) is 0 Å². The van der Waals surface area contributed by atoms with E-state index in [9.17, 15) is 39.6 Å². The Labute approximate surface area is 206 Å². The van der Waals surface area contributed by atoms with Gasteiger partial charge in [0, 0.05) is 11.9 Å². The van der Waals surface area contributed by atoms with E-state index in [0.717, 1.165) is 18.4 Å². The maximum Gasteiger partial charge on any atom is 0.435 e. The van der Waals surface area contributed by atoms with Gasteiger partial charge in [-0.15, -0.1) is 10.2 Å². The molecular weight excluding hydrogens is 532 g/mol. The maximum absolute atomic E-state index is 13.2. The maximum atomic E-state index is 13.2. The molecule has 37 heavy (non-hydrogen) atoms. The second-order valence-electron chi connectivity index (χ2n) is 7.63. The van der Waals surface area contributed by atoms with Crippen molar-refractivity contribution in [3.05, 3.63) is 65.4 Å². The van der Waals surface area contributed by atoms with E-state index in [2.05, 4.69) is 20.3 Å². The fraction of sp³-hybridized carbons (Fsp3) is 0.227.